The van der Waals surface area contributed by atoms with E-state index in [-0.39, 0.29) is 11.1 Å². The van der Waals surface area contributed by atoms with Crippen LogP contribution in [0.2, 0.25) is 0 Å². The van der Waals surface area contributed by atoms with Crippen LogP contribution >= 0.6 is 34.8 Å². The third kappa shape index (κ3) is 5.61. The largest absolute Gasteiger partial charge is 0.465 e. The van der Waals surface area contributed by atoms with Gasteiger partial charge in [0, 0.05) is 5.41 Å². The molecule has 0 bridgehead atoms. The number of alkyl halides is 3. The molecule has 2 aromatic rings. The molecule has 0 saturated heterocycles. The van der Waals surface area contributed by atoms with E-state index in [1.807, 2.05) is 20.8 Å². The van der Waals surface area contributed by atoms with Crippen molar-refractivity contribution in [1.29, 1.82) is 0 Å². The molecule has 9 heteroatoms. The maximum absolute atomic E-state index is 12.6. The van der Waals surface area contributed by atoms with Crippen molar-refractivity contribution in [3.63, 3.8) is 0 Å². The topological polar surface area (TPSA) is 70.4 Å². The van der Waals surface area contributed by atoms with E-state index in [0.29, 0.717) is 16.9 Å². The van der Waals surface area contributed by atoms with Gasteiger partial charge in [-0.2, -0.15) is 5.10 Å². The average Bonchev–Trinajstić information content (AvgIpc) is 3.04. The molecule has 1 heterocycles. The predicted octanol–water partition coefficient (Wildman–Crippen LogP) is 4.48. The van der Waals surface area contributed by atoms with Crippen molar-refractivity contribution >= 4 is 46.7 Å². The first-order valence-corrected chi connectivity index (χ1v) is 9.09. The van der Waals surface area contributed by atoms with Gasteiger partial charge >= 0.3 is 11.9 Å². The highest BCUT2D eigenvalue weighted by Crippen LogP contribution is 2.28. The summed E-state index contributed by atoms with van der Waals surface area (Å²) in [5.74, 6) is -1.20. The van der Waals surface area contributed by atoms with Gasteiger partial charge in [0.05, 0.1) is 24.1 Å². The fourth-order valence-electron chi connectivity index (χ4n) is 2.19. The fourth-order valence-corrected chi connectivity index (χ4v) is 2.36. The average molecular weight is 434 g/mol. The molecule has 0 saturated carbocycles. The van der Waals surface area contributed by atoms with E-state index < -0.39 is 22.3 Å². The lowest BCUT2D eigenvalue weighted by Crippen LogP contribution is -2.19. The number of carbonyl (C=O) groups excluding carboxylic acids is 2. The lowest BCUT2D eigenvalue weighted by Gasteiger charge is -2.14. The first kappa shape index (κ1) is 21.5. The number of benzene rings is 1. The lowest BCUT2D eigenvalue weighted by molar-refractivity contribution is 0.0501. The summed E-state index contributed by atoms with van der Waals surface area (Å²) in [6.45, 7) is 5.47. The minimum absolute atomic E-state index is 0.149. The van der Waals surface area contributed by atoms with Crippen LogP contribution in [0.25, 0.3) is 5.69 Å². The van der Waals surface area contributed by atoms with Gasteiger partial charge < -0.3 is 9.47 Å². The Labute approximate surface area is 172 Å². The Bertz CT molecular complexity index is 851. The van der Waals surface area contributed by atoms with Crippen LogP contribution in [0.5, 0.6) is 0 Å². The van der Waals surface area contributed by atoms with Crippen molar-refractivity contribution in [3.8, 4) is 5.69 Å². The molecule has 0 aliphatic rings. The molecule has 0 spiro atoms. The zero-order chi connectivity index (χ0) is 20.4. The molecule has 0 atom stereocenters. The summed E-state index contributed by atoms with van der Waals surface area (Å²) in [6.07, 6.45) is 0. The molecule has 1 aromatic carbocycles. The van der Waals surface area contributed by atoms with Gasteiger partial charge in [-0.1, -0.05) is 61.6 Å². The number of esters is 2. The van der Waals surface area contributed by atoms with Crippen molar-refractivity contribution in [2.45, 2.75) is 30.0 Å². The molecule has 1 aromatic heterocycles. The molecule has 0 aliphatic carbocycles. The lowest BCUT2D eigenvalue weighted by atomic mass is 9.92. The van der Waals surface area contributed by atoms with Crippen LogP contribution < -0.4 is 0 Å². The molecule has 6 nitrogen and oxygen atoms in total. The summed E-state index contributed by atoms with van der Waals surface area (Å²) in [4.78, 5) is 24.4. The van der Waals surface area contributed by atoms with Crippen LogP contribution in [0.1, 0.15) is 47.3 Å². The van der Waals surface area contributed by atoms with E-state index in [1.165, 1.54) is 11.8 Å². The zero-order valence-corrected chi connectivity index (χ0v) is 17.5. The normalized spacial score (nSPS) is 12.0. The van der Waals surface area contributed by atoms with Crippen molar-refractivity contribution < 1.29 is 19.1 Å². The number of aromatic nitrogens is 2. The number of methoxy groups -OCH3 is 1. The molecule has 0 fully saturated rings. The van der Waals surface area contributed by atoms with Gasteiger partial charge in [-0.3, -0.25) is 0 Å². The standard InChI is InChI=1S/C18H19Cl3N2O4/c1-17(2,3)14-9-13(16(25)27-10-18(19,20)21)23(22-14)12-7-5-6-11(8-12)15(24)26-4/h5-9H,10H2,1-4H3. The van der Waals surface area contributed by atoms with E-state index in [0.717, 1.165) is 0 Å². The first-order valence-electron chi connectivity index (χ1n) is 7.95. The Kier molecular flexibility index (Phi) is 6.45. The molecule has 2 rings (SSSR count). The number of rotatable bonds is 4. The van der Waals surface area contributed by atoms with E-state index in [4.69, 9.17) is 44.3 Å². The molecular weight excluding hydrogens is 415 g/mol. The molecule has 0 radical (unpaired) electrons. The summed E-state index contributed by atoms with van der Waals surface area (Å²) in [5, 5.41) is 4.51. The maximum atomic E-state index is 12.6. The number of hydrogen-bond acceptors (Lipinski definition) is 5. The van der Waals surface area contributed by atoms with Gasteiger partial charge in [-0.15, -0.1) is 0 Å². The van der Waals surface area contributed by atoms with Crippen molar-refractivity contribution in [2.75, 3.05) is 13.7 Å². The van der Waals surface area contributed by atoms with Crippen LogP contribution in [0.3, 0.4) is 0 Å². The highest BCUT2D eigenvalue weighted by molar-refractivity contribution is 6.67. The van der Waals surface area contributed by atoms with Crippen molar-refractivity contribution in [1.82, 2.24) is 9.78 Å². The zero-order valence-electron chi connectivity index (χ0n) is 15.3. The van der Waals surface area contributed by atoms with Crippen LogP contribution in [-0.4, -0.2) is 39.2 Å². The van der Waals surface area contributed by atoms with E-state index in [2.05, 4.69) is 5.10 Å². The summed E-state index contributed by atoms with van der Waals surface area (Å²) < 4.78 is 9.50. The van der Waals surface area contributed by atoms with Crippen LogP contribution in [-0.2, 0) is 14.9 Å². The monoisotopic (exact) mass is 432 g/mol. The number of halogens is 3. The Morgan fingerprint density at radius 2 is 1.78 bits per heavy atom. The minimum atomic E-state index is -1.72. The minimum Gasteiger partial charge on any atom is -0.465 e. The SMILES string of the molecule is COC(=O)c1cccc(-n2nc(C(C)(C)C)cc2C(=O)OCC(Cl)(Cl)Cl)c1. The maximum Gasteiger partial charge on any atom is 0.357 e. The third-order valence-corrected chi connectivity index (χ3v) is 3.89. The molecule has 146 valence electrons. The van der Waals surface area contributed by atoms with Gasteiger partial charge in [0.15, 0.2) is 5.69 Å². The molecule has 0 amide bonds. The summed E-state index contributed by atoms with van der Waals surface area (Å²) in [6, 6.07) is 8.15. The summed E-state index contributed by atoms with van der Waals surface area (Å²) in [5.41, 5.74) is 1.30. The van der Waals surface area contributed by atoms with E-state index in [9.17, 15) is 9.59 Å². The Morgan fingerprint density at radius 1 is 1.11 bits per heavy atom. The number of hydrogen-bond donors (Lipinski definition) is 0. The molecular formula is C18H19Cl3N2O4. The highest BCUT2D eigenvalue weighted by atomic mass is 35.6. The molecule has 0 unspecified atom stereocenters. The second-order valence-corrected chi connectivity index (χ2v) is 9.33. The molecule has 0 aliphatic heterocycles. The fraction of sp³-hybridized carbons (Fsp3) is 0.389. The van der Waals surface area contributed by atoms with E-state index in [1.54, 1.807) is 30.3 Å². The Morgan fingerprint density at radius 3 is 2.33 bits per heavy atom. The van der Waals surface area contributed by atoms with Crippen LogP contribution in [0.4, 0.5) is 0 Å². The smallest absolute Gasteiger partial charge is 0.357 e. The quantitative estimate of drug-likeness (QED) is 0.525. The Hall–Kier alpha value is -1.76. The van der Waals surface area contributed by atoms with Crippen LogP contribution in [0.15, 0.2) is 30.3 Å². The highest BCUT2D eigenvalue weighted by Gasteiger charge is 2.27. The predicted molar refractivity (Wildman–Crippen MR) is 104 cm³/mol. The Balaban J connectivity index is 2.50. The van der Waals surface area contributed by atoms with Gasteiger partial charge in [0.2, 0.25) is 3.79 Å². The second-order valence-electron chi connectivity index (χ2n) is 6.81. The molecule has 27 heavy (non-hydrogen) atoms. The summed E-state index contributed by atoms with van der Waals surface area (Å²) in [7, 11) is 1.29. The number of nitrogens with zero attached hydrogens (tertiary/aromatic N) is 2. The number of ether oxygens (including phenoxy) is 2. The van der Waals surface area contributed by atoms with Gasteiger partial charge in [-0.25, -0.2) is 14.3 Å². The molecule has 0 N–H and O–H groups in total. The van der Waals surface area contributed by atoms with Gasteiger partial charge in [-0.05, 0) is 24.3 Å². The van der Waals surface area contributed by atoms with Crippen LogP contribution in [0, 0.1) is 0 Å². The van der Waals surface area contributed by atoms with Gasteiger partial charge in [0.1, 0.15) is 6.61 Å². The van der Waals surface area contributed by atoms with Crippen molar-refractivity contribution in [2.24, 2.45) is 0 Å². The summed E-state index contributed by atoms with van der Waals surface area (Å²) >= 11 is 17.0. The number of carbonyl (C=O) groups is 2. The second kappa shape index (κ2) is 8.09. The van der Waals surface area contributed by atoms with Crippen molar-refractivity contribution in [3.05, 3.63) is 47.3 Å². The van der Waals surface area contributed by atoms with E-state index >= 15 is 0 Å². The first-order chi connectivity index (χ1) is 12.4. The third-order valence-electron chi connectivity index (χ3n) is 3.57. The van der Waals surface area contributed by atoms with Gasteiger partial charge in [0.25, 0.3) is 0 Å².